The molecule has 2 heteroatoms. The second kappa shape index (κ2) is 6.28. The molecule has 0 saturated carbocycles. The van der Waals surface area contributed by atoms with E-state index in [-0.39, 0.29) is 10.8 Å². The maximum Gasteiger partial charge on any atom is 0.0475 e. The lowest BCUT2D eigenvalue weighted by Gasteiger charge is -2.38. The highest BCUT2D eigenvalue weighted by Crippen LogP contribution is 2.35. The number of nitrogens with one attached hydrogen (secondary N) is 1. The van der Waals surface area contributed by atoms with Gasteiger partial charge in [-0.1, -0.05) is 52.0 Å². The van der Waals surface area contributed by atoms with E-state index in [9.17, 15) is 0 Å². The molecule has 0 radical (unpaired) electrons. The lowest BCUT2D eigenvalue weighted by atomic mass is 9.73. The molecule has 1 N–H and O–H groups in total. The fourth-order valence-electron chi connectivity index (χ4n) is 3.02. The molecular formula is C18H29NO. The number of hydrogen-bond donors (Lipinski definition) is 1. The lowest BCUT2D eigenvalue weighted by Crippen LogP contribution is -2.42. The van der Waals surface area contributed by atoms with Crippen molar-refractivity contribution in [3.05, 3.63) is 35.4 Å². The molecule has 2 nitrogen and oxygen atoms in total. The van der Waals surface area contributed by atoms with Crippen molar-refractivity contribution in [1.82, 2.24) is 5.32 Å². The highest BCUT2D eigenvalue weighted by Gasteiger charge is 2.34. The minimum Gasteiger partial charge on any atom is -0.381 e. The molecule has 1 fully saturated rings. The van der Waals surface area contributed by atoms with Crippen LogP contribution in [0.2, 0.25) is 0 Å². The Hall–Kier alpha value is -0.860. The van der Waals surface area contributed by atoms with Crippen molar-refractivity contribution >= 4 is 0 Å². The molecule has 2 rings (SSSR count). The molecule has 112 valence electrons. The predicted octanol–water partition coefficient (Wildman–Crippen LogP) is 3.64. The second-order valence-corrected chi connectivity index (χ2v) is 7.00. The van der Waals surface area contributed by atoms with Crippen LogP contribution < -0.4 is 5.32 Å². The largest absolute Gasteiger partial charge is 0.381 e. The minimum atomic E-state index is 0.225. The molecule has 0 bridgehead atoms. The molecular weight excluding hydrogens is 246 g/mol. The summed E-state index contributed by atoms with van der Waals surface area (Å²) in [6.45, 7) is 12.8. The van der Waals surface area contributed by atoms with E-state index in [0.29, 0.717) is 0 Å². The van der Waals surface area contributed by atoms with Gasteiger partial charge in [0.05, 0.1) is 0 Å². The van der Waals surface area contributed by atoms with Crippen LogP contribution in [0.15, 0.2) is 24.3 Å². The molecule has 1 aromatic carbocycles. The highest BCUT2D eigenvalue weighted by molar-refractivity contribution is 5.33. The summed E-state index contributed by atoms with van der Waals surface area (Å²) >= 11 is 0. The summed E-state index contributed by atoms with van der Waals surface area (Å²) in [6, 6.07) is 9.28. The number of hydrogen-bond acceptors (Lipinski definition) is 2. The van der Waals surface area contributed by atoms with Gasteiger partial charge in [-0.2, -0.15) is 0 Å². The van der Waals surface area contributed by atoms with Crippen molar-refractivity contribution in [3.8, 4) is 0 Å². The van der Waals surface area contributed by atoms with Gasteiger partial charge in [-0.3, -0.25) is 0 Å². The molecule has 0 aliphatic carbocycles. The lowest BCUT2D eigenvalue weighted by molar-refractivity contribution is 0.0501. The molecule has 1 aliphatic heterocycles. The van der Waals surface area contributed by atoms with Gasteiger partial charge in [0.2, 0.25) is 0 Å². The van der Waals surface area contributed by atoms with Crippen LogP contribution in [0.4, 0.5) is 0 Å². The van der Waals surface area contributed by atoms with Crippen LogP contribution in [0.1, 0.15) is 51.7 Å². The quantitative estimate of drug-likeness (QED) is 0.906. The predicted molar refractivity (Wildman–Crippen MR) is 85.4 cm³/mol. The van der Waals surface area contributed by atoms with Gasteiger partial charge in [-0.25, -0.2) is 0 Å². The zero-order valence-corrected chi connectivity index (χ0v) is 13.5. The summed E-state index contributed by atoms with van der Waals surface area (Å²) < 4.78 is 5.58. The minimum absolute atomic E-state index is 0.225. The molecule has 0 atom stereocenters. The number of ether oxygens (including phenoxy) is 1. The summed E-state index contributed by atoms with van der Waals surface area (Å²) in [7, 11) is 0. The summed E-state index contributed by atoms with van der Waals surface area (Å²) in [5.41, 5.74) is 3.36. The van der Waals surface area contributed by atoms with E-state index in [1.54, 1.807) is 0 Å². The molecule has 1 aromatic rings. The van der Waals surface area contributed by atoms with Gasteiger partial charge in [0.1, 0.15) is 0 Å². The van der Waals surface area contributed by atoms with Gasteiger partial charge in [-0.05, 0) is 35.9 Å². The maximum atomic E-state index is 5.58. The van der Waals surface area contributed by atoms with E-state index >= 15 is 0 Å². The molecule has 1 heterocycles. The van der Waals surface area contributed by atoms with Gasteiger partial charge in [0, 0.05) is 25.2 Å². The average Bonchev–Trinajstić information content (AvgIpc) is 2.45. The molecule has 1 saturated heterocycles. The third-order valence-corrected chi connectivity index (χ3v) is 4.53. The summed E-state index contributed by atoms with van der Waals surface area (Å²) in [5.74, 6) is 0. The fraction of sp³-hybridized carbons (Fsp3) is 0.667. The fourth-order valence-corrected chi connectivity index (χ4v) is 3.02. The van der Waals surface area contributed by atoms with Crippen LogP contribution in [-0.4, -0.2) is 26.3 Å². The Labute approximate surface area is 123 Å². The third-order valence-electron chi connectivity index (χ3n) is 4.53. The van der Waals surface area contributed by atoms with Crippen molar-refractivity contribution in [2.75, 3.05) is 26.3 Å². The van der Waals surface area contributed by atoms with E-state index < -0.39 is 0 Å². The maximum absolute atomic E-state index is 5.58. The summed E-state index contributed by atoms with van der Waals surface area (Å²) in [5, 5.41) is 3.55. The molecule has 1 aliphatic rings. The summed E-state index contributed by atoms with van der Waals surface area (Å²) in [6.07, 6.45) is 2.24. The van der Waals surface area contributed by atoms with Crippen LogP contribution in [-0.2, 0) is 15.6 Å². The first-order valence-electron chi connectivity index (χ1n) is 7.87. The number of rotatable bonds is 4. The highest BCUT2D eigenvalue weighted by atomic mass is 16.5. The molecule has 0 amide bonds. The first-order valence-corrected chi connectivity index (χ1v) is 7.87. The van der Waals surface area contributed by atoms with Crippen LogP contribution in [0.5, 0.6) is 0 Å². The van der Waals surface area contributed by atoms with E-state index in [1.165, 1.54) is 11.1 Å². The zero-order valence-electron chi connectivity index (χ0n) is 13.5. The molecule has 0 aromatic heterocycles. The van der Waals surface area contributed by atoms with Crippen molar-refractivity contribution in [3.63, 3.8) is 0 Å². The molecule has 0 unspecified atom stereocenters. The SMILES string of the molecule is CCNCC1(c2ccc(C(C)(C)C)cc2)CCOCC1. The average molecular weight is 275 g/mol. The first kappa shape index (κ1) is 15.5. The normalized spacial score (nSPS) is 19.0. The van der Waals surface area contributed by atoms with Crippen molar-refractivity contribution in [2.45, 2.75) is 51.4 Å². The Kier molecular flexibility index (Phi) is 4.87. The monoisotopic (exact) mass is 275 g/mol. The smallest absolute Gasteiger partial charge is 0.0475 e. The van der Waals surface area contributed by atoms with Crippen LogP contribution in [0.25, 0.3) is 0 Å². The van der Waals surface area contributed by atoms with E-state index in [2.05, 4.69) is 57.3 Å². The van der Waals surface area contributed by atoms with Gasteiger partial charge in [-0.15, -0.1) is 0 Å². The Morgan fingerprint density at radius 1 is 1.10 bits per heavy atom. The Morgan fingerprint density at radius 2 is 1.70 bits per heavy atom. The Bertz CT molecular complexity index is 410. The number of likely N-dealkylation sites (N-methyl/N-ethyl adjacent to an activating group) is 1. The standard InChI is InChI=1S/C18H29NO/c1-5-19-14-18(10-12-20-13-11-18)16-8-6-15(7-9-16)17(2,3)4/h6-9,19H,5,10-14H2,1-4H3. The third kappa shape index (κ3) is 3.42. The second-order valence-electron chi connectivity index (χ2n) is 7.00. The van der Waals surface area contributed by atoms with Gasteiger partial charge in [0.15, 0.2) is 0 Å². The van der Waals surface area contributed by atoms with E-state index in [0.717, 1.165) is 39.1 Å². The van der Waals surface area contributed by atoms with Crippen molar-refractivity contribution in [1.29, 1.82) is 0 Å². The Morgan fingerprint density at radius 3 is 2.20 bits per heavy atom. The zero-order chi connectivity index (χ0) is 14.6. The first-order chi connectivity index (χ1) is 9.48. The molecule has 20 heavy (non-hydrogen) atoms. The van der Waals surface area contributed by atoms with Gasteiger partial charge in [0.25, 0.3) is 0 Å². The van der Waals surface area contributed by atoms with Crippen molar-refractivity contribution < 1.29 is 4.74 Å². The van der Waals surface area contributed by atoms with Crippen LogP contribution in [0.3, 0.4) is 0 Å². The molecule has 0 spiro atoms. The van der Waals surface area contributed by atoms with Crippen LogP contribution in [0, 0.1) is 0 Å². The van der Waals surface area contributed by atoms with Gasteiger partial charge >= 0.3 is 0 Å². The van der Waals surface area contributed by atoms with E-state index in [4.69, 9.17) is 4.74 Å². The summed E-state index contributed by atoms with van der Waals surface area (Å²) in [4.78, 5) is 0. The van der Waals surface area contributed by atoms with Gasteiger partial charge < -0.3 is 10.1 Å². The van der Waals surface area contributed by atoms with E-state index in [1.807, 2.05) is 0 Å². The van der Waals surface area contributed by atoms with Crippen LogP contribution >= 0.6 is 0 Å². The topological polar surface area (TPSA) is 21.3 Å². The Balaban J connectivity index is 2.24. The number of benzene rings is 1. The van der Waals surface area contributed by atoms with Crippen molar-refractivity contribution in [2.24, 2.45) is 0 Å².